The number of methoxy groups -OCH3 is 1. The van der Waals surface area contributed by atoms with Crippen molar-refractivity contribution in [3.8, 4) is 11.5 Å². The monoisotopic (exact) mass is 375 g/mol. The Kier molecular flexibility index (Phi) is 8.27. The minimum Gasteiger partial charge on any atom is -0.497 e. The van der Waals surface area contributed by atoms with Crippen LogP contribution in [0.25, 0.3) is 0 Å². The first-order valence-corrected chi connectivity index (χ1v) is 9.27. The first-order valence-electron chi connectivity index (χ1n) is 9.27. The Morgan fingerprint density at radius 2 is 1.92 bits per heavy atom. The number of rotatable bonds is 7. The van der Waals surface area contributed by atoms with Crippen molar-refractivity contribution in [1.82, 2.24) is 4.90 Å². The van der Waals surface area contributed by atoms with Crippen LogP contribution in [0.4, 0.5) is 0 Å². The molecule has 2 aromatic rings. The molecular formula is C22H30ClNO2. The van der Waals surface area contributed by atoms with Crippen LogP contribution in [0.2, 0.25) is 0 Å². The Bertz CT molecular complexity index is 677. The quantitative estimate of drug-likeness (QED) is 0.704. The van der Waals surface area contributed by atoms with Crippen molar-refractivity contribution < 1.29 is 9.47 Å². The van der Waals surface area contributed by atoms with E-state index < -0.39 is 0 Å². The van der Waals surface area contributed by atoms with Gasteiger partial charge in [0.05, 0.1) is 13.7 Å². The molecule has 0 N–H and O–H groups in total. The number of likely N-dealkylation sites (tertiary alicyclic amines) is 1. The van der Waals surface area contributed by atoms with Crippen LogP contribution in [0, 0.1) is 5.92 Å². The second-order valence-electron chi connectivity index (χ2n) is 7.04. The van der Waals surface area contributed by atoms with Gasteiger partial charge in [-0.15, -0.1) is 12.4 Å². The average Bonchev–Trinajstić information content (AvgIpc) is 2.65. The van der Waals surface area contributed by atoms with Crippen molar-refractivity contribution in [2.75, 3.05) is 33.9 Å². The zero-order valence-corrected chi connectivity index (χ0v) is 16.6. The molecule has 1 saturated heterocycles. The lowest BCUT2D eigenvalue weighted by molar-refractivity contribution is 0.150. The van der Waals surface area contributed by atoms with E-state index in [0.717, 1.165) is 37.5 Å². The van der Waals surface area contributed by atoms with Gasteiger partial charge in [0.1, 0.15) is 11.5 Å². The predicted molar refractivity (Wildman–Crippen MR) is 110 cm³/mol. The van der Waals surface area contributed by atoms with E-state index in [1.54, 1.807) is 7.11 Å². The molecule has 1 unspecified atom stereocenters. The fraction of sp³-hybridized carbons (Fsp3) is 0.455. The lowest BCUT2D eigenvalue weighted by Crippen LogP contribution is -2.34. The number of aryl methyl sites for hydroxylation is 2. The summed E-state index contributed by atoms with van der Waals surface area (Å²) in [6.45, 7) is 3.18. The molecule has 3 nitrogen and oxygen atoms in total. The number of nitrogens with zero attached hydrogens (tertiary/aromatic N) is 1. The lowest BCUT2D eigenvalue weighted by atomic mass is 9.99. The summed E-state index contributed by atoms with van der Waals surface area (Å²) in [5.41, 5.74) is 2.58. The van der Waals surface area contributed by atoms with Gasteiger partial charge in [0.15, 0.2) is 0 Å². The van der Waals surface area contributed by atoms with Gasteiger partial charge in [-0.05, 0) is 68.6 Å². The molecule has 0 aromatic heterocycles. The number of piperidine rings is 1. The average molecular weight is 376 g/mol. The highest BCUT2D eigenvalue weighted by Crippen LogP contribution is 2.23. The van der Waals surface area contributed by atoms with Crippen LogP contribution in [-0.4, -0.2) is 38.8 Å². The predicted octanol–water partition coefficient (Wildman–Crippen LogP) is 4.62. The van der Waals surface area contributed by atoms with E-state index in [1.807, 2.05) is 6.07 Å². The van der Waals surface area contributed by atoms with Crippen molar-refractivity contribution in [1.29, 1.82) is 0 Å². The Labute approximate surface area is 163 Å². The van der Waals surface area contributed by atoms with Gasteiger partial charge < -0.3 is 14.4 Å². The normalized spacial score (nSPS) is 17.4. The molecule has 26 heavy (non-hydrogen) atoms. The van der Waals surface area contributed by atoms with E-state index in [1.165, 1.54) is 30.5 Å². The standard InChI is InChI=1S/C22H29NO2.ClH/c1-23-14-6-8-19(16-23)17-25-22-11-4-3-9-20(22)13-12-18-7-5-10-21(15-18)24-2;/h3-5,7,9-11,15,19H,6,8,12-14,16-17H2,1-2H3;1H. The summed E-state index contributed by atoms with van der Waals surface area (Å²) in [4.78, 5) is 2.41. The molecule has 1 heterocycles. The third-order valence-corrected chi connectivity index (χ3v) is 4.99. The van der Waals surface area contributed by atoms with Crippen molar-refractivity contribution >= 4 is 12.4 Å². The van der Waals surface area contributed by atoms with Crippen LogP contribution < -0.4 is 9.47 Å². The Hall–Kier alpha value is -1.71. The van der Waals surface area contributed by atoms with Crippen LogP contribution in [0.1, 0.15) is 24.0 Å². The number of hydrogen-bond donors (Lipinski definition) is 0. The van der Waals surface area contributed by atoms with Gasteiger partial charge in [-0.2, -0.15) is 0 Å². The largest absolute Gasteiger partial charge is 0.497 e. The minimum atomic E-state index is 0. The molecule has 1 atom stereocenters. The smallest absolute Gasteiger partial charge is 0.122 e. The van der Waals surface area contributed by atoms with Crippen LogP contribution in [0.3, 0.4) is 0 Å². The van der Waals surface area contributed by atoms with Gasteiger partial charge in [-0.1, -0.05) is 30.3 Å². The maximum absolute atomic E-state index is 6.21. The third kappa shape index (κ3) is 5.93. The van der Waals surface area contributed by atoms with Gasteiger partial charge in [0, 0.05) is 12.5 Å². The third-order valence-electron chi connectivity index (χ3n) is 4.99. The highest BCUT2D eigenvalue weighted by atomic mass is 35.5. The molecule has 4 heteroatoms. The van der Waals surface area contributed by atoms with Crippen molar-refractivity contribution in [2.45, 2.75) is 25.7 Å². The second-order valence-corrected chi connectivity index (χ2v) is 7.04. The fourth-order valence-corrected chi connectivity index (χ4v) is 3.58. The second kappa shape index (κ2) is 10.4. The molecule has 142 valence electrons. The molecule has 0 radical (unpaired) electrons. The minimum absolute atomic E-state index is 0. The Morgan fingerprint density at radius 1 is 1.08 bits per heavy atom. The van der Waals surface area contributed by atoms with Gasteiger partial charge in [0.25, 0.3) is 0 Å². The first kappa shape index (κ1) is 20.6. The zero-order valence-electron chi connectivity index (χ0n) is 15.8. The number of halogens is 1. The molecule has 2 aromatic carbocycles. The fourth-order valence-electron chi connectivity index (χ4n) is 3.58. The van der Waals surface area contributed by atoms with E-state index in [-0.39, 0.29) is 12.4 Å². The summed E-state index contributed by atoms with van der Waals surface area (Å²) in [5, 5.41) is 0. The lowest BCUT2D eigenvalue weighted by Gasteiger charge is -2.29. The first-order chi connectivity index (χ1) is 12.2. The maximum Gasteiger partial charge on any atom is 0.122 e. The van der Waals surface area contributed by atoms with Gasteiger partial charge in [-0.3, -0.25) is 0 Å². The SMILES string of the molecule is COc1cccc(CCc2ccccc2OCC2CCCN(C)C2)c1.Cl. The number of hydrogen-bond acceptors (Lipinski definition) is 3. The van der Waals surface area contributed by atoms with Crippen molar-refractivity contribution in [3.05, 3.63) is 59.7 Å². The molecule has 0 saturated carbocycles. The van der Waals surface area contributed by atoms with E-state index in [9.17, 15) is 0 Å². The summed E-state index contributed by atoms with van der Waals surface area (Å²) in [7, 11) is 3.92. The van der Waals surface area contributed by atoms with E-state index in [0.29, 0.717) is 5.92 Å². The molecule has 0 bridgehead atoms. The Balaban J connectivity index is 0.00000243. The van der Waals surface area contributed by atoms with Gasteiger partial charge in [0.2, 0.25) is 0 Å². The van der Waals surface area contributed by atoms with E-state index >= 15 is 0 Å². The molecule has 1 fully saturated rings. The van der Waals surface area contributed by atoms with Crippen LogP contribution >= 0.6 is 12.4 Å². The number of ether oxygens (including phenoxy) is 2. The van der Waals surface area contributed by atoms with Crippen molar-refractivity contribution in [3.63, 3.8) is 0 Å². The summed E-state index contributed by atoms with van der Waals surface area (Å²) in [6.07, 6.45) is 4.52. The van der Waals surface area contributed by atoms with E-state index in [2.05, 4.69) is 54.4 Å². The summed E-state index contributed by atoms with van der Waals surface area (Å²) in [5.74, 6) is 2.60. The number of benzene rings is 2. The maximum atomic E-state index is 6.21. The van der Waals surface area contributed by atoms with E-state index in [4.69, 9.17) is 9.47 Å². The highest BCUT2D eigenvalue weighted by Gasteiger charge is 2.18. The molecular weight excluding hydrogens is 346 g/mol. The topological polar surface area (TPSA) is 21.7 Å². The Morgan fingerprint density at radius 3 is 2.73 bits per heavy atom. The zero-order chi connectivity index (χ0) is 17.5. The molecule has 0 aliphatic carbocycles. The summed E-state index contributed by atoms with van der Waals surface area (Å²) >= 11 is 0. The summed E-state index contributed by atoms with van der Waals surface area (Å²) < 4.78 is 11.5. The van der Waals surface area contributed by atoms with Crippen molar-refractivity contribution in [2.24, 2.45) is 5.92 Å². The molecule has 0 spiro atoms. The molecule has 0 amide bonds. The van der Waals surface area contributed by atoms with Crippen LogP contribution in [0.5, 0.6) is 11.5 Å². The van der Waals surface area contributed by atoms with Gasteiger partial charge >= 0.3 is 0 Å². The van der Waals surface area contributed by atoms with Crippen LogP contribution in [-0.2, 0) is 12.8 Å². The van der Waals surface area contributed by atoms with Gasteiger partial charge in [-0.25, -0.2) is 0 Å². The molecule has 1 aliphatic heterocycles. The summed E-state index contributed by atoms with van der Waals surface area (Å²) in [6, 6.07) is 16.8. The molecule has 3 rings (SSSR count). The van der Waals surface area contributed by atoms with Crippen LogP contribution in [0.15, 0.2) is 48.5 Å². The highest BCUT2D eigenvalue weighted by molar-refractivity contribution is 5.85. The molecule has 1 aliphatic rings. The number of para-hydroxylation sites is 1.